The lowest BCUT2D eigenvalue weighted by atomic mass is 9.88. The van der Waals surface area contributed by atoms with Gasteiger partial charge in [-0.15, -0.1) is 0 Å². The summed E-state index contributed by atoms with van der Waals surface area (Å²) in [5.41, 5.74) is 8.09. The number of aryl methyl sites for hydroxylation is 2. The highest BCUT2D eigenvalue weighted by Gasteiger charge is 2.38. The first-order chi connectivity index (χ1) is 7.04. The van der Waals surface area contributed by atoms with Crippen molar-refractivity contribution in [2.75, 3.05) is 18.0 Å². The summed E-state index contributed by atoms with van der Waals surface area (Å²) in [4.78, 5) is 11.0. The average molecular weight is 206 g/mol. The Morgan fingerprint density at radius 3 is 2.60 bits per heavy atom. The first kappa shape index (κ1) is 10.4. The standard InChI is InChI=1S/C11H18N4/c1-4-11(12)6-15(7-11)10-5-13-8(2)9(3)14-10/h5H,4,6-7,12H2,1-3H3. The van der Waals surface area contributed by atoms with Crippen LogP contribution in [0.15, 0.2) is 6.20 Å². The quantitative estimate of drug-likeness (QED) is 0.785. The molecule has 0 bridgehead atoms. The molecule has 1 saturated heterocycles. The molecule has 1 aliphatic rings. The Balaban J connectivity index is 2.10. The smallest absolute Gasteiger partial charge is 0.147 e. The Bertz CT molecular complexity index is 369. The van der Waals surface area contributed by atoms with Gasteiger partial charge < -0.3 is 10.6 Å². The molecule has 0 atom stereocenters. The second-order valence-corrected chi connectivity index (χ2v) is 4.47. The first-order valence-electron chi connectivity index (χ1n) is 5.38. The van der Waals surface area contributed by atoms with Gasteiger partial charge in [-0.3, -0.25) is 4.98 Å². The van der Waals surface area contributed by atoms with Crippen molar-refractivity contribution in [1.82, 2.24) is 9.97 Å². The van der Waals surface area contributed by atoms with Gasteiger partial charge in [-0.2, -0.15) is 0 Å². The van der Waals surface area contributed by atoms with Gasteiger partial charge in [0.1, 0.15) is 5.82 Å². The molecule has 0 unspecified atom stereocenters. The lowest BCUT2D eigenvalue weighted by Gasteiger charge is -2.48. The summed E-state index contributed by atoms with van der Waals surface area (Å²) in [5, 5.41) is 0. The van der Waals surface area contributed by atoms with E-state index < -0.39 is 0 Å². The van der Waals surface area contributed by atoms with Crippen LogP contribution in [0, 0.1) is 13.8 Å². The molecule has 0 radical (unpaired) electrons. The number of rotatable bonds is 2. The zero-order valence-electron chi connectivity index (χ0n) is 9.62. The predicted molar refractivity (Wildman–Crippen MR) is 60.9 cm³/mol. The molecule has 4 heteroatoms. The molecule has 0 aromatic carbocycles. The molecule has 1 aromatic heterocycles. The van der Waals surface area contributed by atoms with Crippen LogP contribution in [0.1, 0.15) is 24.7 Å². The zero-order valence-corrected chi connectivity index (χ0v) is 9.62. The highest BCUT2D eigenvalue weighted by Crippen LogP contribution is 2.26. The number of aromatic nitrogens is 2. The molecule has 2 heterocycles. The summed E-state index contributed by atoms with van der Waals surface area (Å²) in [6.45, 7) is 7.87. The molecule has 0 aliphatic carbocycles. The Labute approximate surface area is 90.5 Å². The van der Waals surface area contributed by atoms with Crippen LogP contribution in [0.25, 0.3) is 0 Å². The van der Waals surface area contributed by atoms with E-state index in [2.05, 4.69) is 21.8 Å². The third kappa shape index (κ3) is 1.81. The van der Waals surface area contributed by atoms with Crippen molar-refractivity contribution in [3.63, 3.8) is 0 Å². The molecule has 2 N–H and O–H groups in total. The number of anilines is 1. The zero-order chi connectivity index (χ0) is 11.1. The molecule has 0 spiro atoms. The van der Waals surface area contributed by atoms with E-state index >= 15 is 0 Å². The van der Waals surface area contributed by atoms with Crippen LogP contribution in [0.2, 0.25) is 0 Å². The highest BCUT2D eigenvalue weighted by molar-refractivity contribution is 5.43. The summed E-state index contributed by atoms with van der Waals surface area (Å²) in [5.74, 6) is 0.952. The molecule has 0 amide bonds. The maximum Gasteiger partial charge on any atom is 0.147 e. The van der Waals surface area contributed by atoms with Crippen molar-refractivity contribution in [3.8, 4) is 0 Å². The normalized spacial score (nSPS) is 18.8. The van der Waals surface area contributed by atoms with Crippen molar-refractivity contribution in [2.24, 2.45) is 5.73 Å². The van der Waals surface area contributed by atoms with Gasteiger partial charge >= 0.3 is 0 Å². The summed E-state index contributed by atoms with van der Waals surface area (Å²) in [6, 6.07) is 0. The van der Waals surface area contributed by atoms with Gasteiger partial charge in [0.25, 0.3) is 0 Å². The largest absolute Gasteiger partial charge is 0.352 e. The lowest BCUT2D eigenvalue weighted by Crippen LogP contribution is -2.67. The second-order valence-electron chi connectivity index (χ2n) is 4.47. The van der Waals surface area contributed by atoms with Crippen LogP contribution >= 0.6 is 0 Å². The van der Waals surface area contributed by atoms with Gasteiger partial charge in [0.2, 0.25) is 0 Å². The van der Waals surface area contributed by atoms with E-state index in [9.17, 15) is 0 Å². The highest BCUT2D eigenvalue weighted by atomic mass is 15.3. The minimum atomic E-state index is -0.0134. The van der Waals surface area contributed by atoms with E-state index in [4.69, 9.17) is 5.73 Å². The fourth-order valence-corrected chi connectivity index (χ4v) is 1.78. The Morgan fingerprint density at radius 1 is 1.40 bits per heavy atom. The van der Waals surface area contributed by atoms with Crippen LogP contribution in [0.5, 0.6) is 0 Å². The van der Waals surface area contributed by atoms with Crippen LogP contribution in [-0.4, -0.2) is 28.6 Å². The summed E-state index contributed by atoms with van der Waals surface area (Å²) in [6.07, 6.45) is 2.85. The van der Waals surface area contributed by atoms with Crippen LogP contribution < -0.4 is 10.6 Å². The van der Waals surface area contributed by atoms with Crippen molar-refractivity contribution in [3.05, 3.63) is 17.6 Å². The van der Waals surface area contributed by atoms with E-state index in [1.807, 2.05) is 20.0 Å². The summed E-state index contributed by atoms with van der Waals surface area (Å²) in [7, 11) is 0. The van der Waals surface area contributed by atoms with Crippen molar-refractivity contribution in [2.45, 2.75) is 32.7 Å². The van der Waals surface area contributed by atoms with E-state index in [1.165, 1.54) is 0 Å². The van der Waals surface area contributed by atoms with Gasteiger partial charge in [0.15, 0.2) is 0 Å². The molecular formula is C11H18N4. The molecule has 4 nitrogen and oxygen atoms in total. The van der Waals surface area contributed by atoms with E-state index in [-0.39, 0.29) is 5.54 Å². The van der Waals surface area contributed by atoms with Crippen LogP contribution in [0.4, 0.5) is 5.82 Å². The van der Waals surface area contributed by atoms with E-state index in [0.29, 0.717) is 0 Å². The van der Waals surface area contributed by atoms with Gasteiger partial charge in [0.05, 0.1) is 23.1 Å². The van der Waals surface area contributed by atoms with E-state index in [1.54, 1.807) is 0 Å². The molecule has 1 aliphatic heterocycles. The van der Waals surface area contributed by atoms with Gasteiger partial charge in [-0.05, 0) is 20.3 Å². The lowest BCUT2D eigenvalue weighted by molar-refractivity contribution is 0.319. The fraction of sp³-hybridized carbons (Fsp3) is 0.636. The summed E-state index contributed by atoms with van der Waals surface area (Å²) >= 11 is 0. The minimum Gasteiger partial charge on any atom is -0.352 e. The van der Waals surface area contributed by atoms with Gasteiger partial charge in [-0.1, -0.05) is 6.92 Å². The molecule has 15 heavy (non-hydrogen) atoms. The predicted octanol–water partition coefficient (Wildman–Crippen LogP) is 1.02. The molecule has 2 rings (SSSR count). The number of nitrogens with zero attached hydrogens (tertiary/aromatic N) is 3. The number of hydrogen-bond acceptors (Lipinski definition) is 4. The van der Waals surface area contributed by atoms with Crippen LogP contribution in [0.3, 0.4) is 0 Å². The Hall–Kier alpha value is -1.16. The molecule has 0 saturated carbocycles. The minimum absolute atomic E-state index is 0.0134. The first-order valence-corrected chi connectivity index (χ1v) is 5.38. The topological polar surface area (TPSA) is 55.0 Å². The molecule has 1 fully saturated rings. The SMILES string of the molecule is CCC1(N)CN(c2cnc(C)c(C)n2)C1. The third-order valence-corrected chi connectivity index (χ3v) is 3.22. The fourth-order valence-electron chi connectivity index (χ4n) is 1.78. The molecular weight excluding hydrogens is 188 g/mol. The van der Waals surface area contributed by atoms with Crippen molar-refractivity contribution < 1.29 is 0 Å². The third-order valence-electron chi connectivity index (χ3n) is 3.22. The average Bonchev–Trinajstić information content (AvgIpc) is 2.18. The monoisotopic (exact) mass is 206 g/mol. The molecule has 82 valence electrons. The maximum atomic E-state index is 6.11. The number of nitrogens with two attached hydrogens (primary N) is 1. The van der Waals surface area contributed by atoms with Gasteiger partial charge in [-0.25, -0.2) is 4.98 Å². The number of hydrogen-bond donors (Lipinski definition) is 1. The Kier molecular flexibility index (Phi) is 2.38. The van der Waals surface area contributed by atoms with E-state index in [0.717, 1.165) is 36.7 Å². The van der Waals surface area contributed by atoms with Gasteiger partial charge in [0, 0.05) is 13.1 Å². The van der Waals surface area contributed by atoms with Crippen LogP contribution in [-0.2, 0) is 0 Å². The second kappa shape index (κ2) is 3.45. The molecule has 1 aromatic rings. The van der Waals surface area contributed by atoms with Crippen molar-refractivity contribution >= 4 is 5.82 Å². The maximum absolute atomic E-state index is 6.11. The summed E-state index contributed by atoms with van der Waals surface area (Å²) < 4.78 is 0. The van der Waals surface area contributed by atoms with Crippen molar-refractivity contribution in [1.29, 1.82) is 0 Å². The Morgan fingerprint density at radius 2 is 2.07 bits per heavy atom.